The molecule has 0 N–H and O–H groups in total. The van der Waals surface area contributed by atoms with Crippen molar-refractivity contribution >= 4 is 15.9 Å². The minimum Gasteiger partial charge on any atom is -0.343 e. The maximum Gasteiger partial charge on any atom is 0.244 e. The highest BCUT2D eigenvalue weighted by Crippen LogP contribution is 2.27. The molecule has 27 heavy (non-hydrogen) atoms. The van der Waals surface area contributed by atoms with Gasteiger partial charge in [0.2, 0.25) is 15.9 Å². The zero-order valence-electron chi connectivity index (χ0n) is 16.6. The number of sulfonamides is 1. The lowest BCUT2D eigenvalue weighted by atomic mass is 9.95. The van der Waals surface area contributed by atoms with E-state index in [1.54, 1.807) is 17.0 Å². The number of benzene rings is 1. The molecular formula is C20H29N3O3S. The van der Waals surface area contributed by atoms with Gasteiger partial charge in [-0.15, -0.1) is 0 Å². The summed E-state index contributed by atoms with van der Waals surface area (Å²) in [6, 6.07) is 8.35. The van der Waals surface area contributed by atoms with Gasteiger partial charge in [0, 0.05) is 32.1 Å². The molecule has 1 saturated heterocycles. The molecule has 1 aromatic carbocycles. The fraction of sp³-hybridized carbons (Fsp3) is 0.600. The van der Waals surface area contributed by atoms with Gasteiger partial charge in [-0.2, -0.15) is 9.57 Å². The van der Waals surface area contributed by atoms with E-state index in [0.717, 1.165) is 6.42 Å². The van der Waals surface area contributed by atoms with E-state index in [2.05, 4.69) is 20.8 Å². The van der Waals surface area contributed by atoms with Crippen LogP contribution in [-0.2, 0) is 14.8 Å². The van der Waals surface area contributed by atoms with Crippen LogP contribution in [0, 0.1) is 23.2 Å². The topological polar surface area (TPSA) is 81.5 Å². The molecule has 1 aliphatic rings. The average molecular weight is 392 g/mol. The Morgan fingerprint density at radius 2 is 1.85 bits per heavy atom. The molecule has 1 aromatic rings. The summed E-state index contributed by atoms with van der Waals surface area (Å²) in [4.78, 5) is 14.6. The lowest BCUT2D eigenvalue weighted by Crippen LogP contribution is -2.45. The van der Waals surface area contributed by atoms with Gasteiger partial charge >= 0.3 is 0 Å². The highest BCUT2D eigenvalue weighted by Gasteiger charge is 2.34. The van der Waals surface area contributed by atoms with Crippen molar-refractivity contribution in [1.82, 2.24) is 9.21 Å². The molecule has 6 nitrogen and oxygen atoms in total. The van der Waals surface area contributed by atoms with Crippen molar-refractivity contribution in [3.8, 4) is 6.07 Å². The van der Waals surface area contributed by atoms with Crippen molar-refractivity contribution in [3.05, 3.63) is 29.8 Å². The predicted octanol–water partition coefficient (Wildman–Crippen LogP) is 2.85. The van der Waals surface area contributed by atoms with Crippen molar-refractivity contribution in [3.63, 3.8) is 0 Å². The zero-order valence-corrected chi connectivity index (χ0v) is 17.4. The fourth-order valence-electron chi connectivity index (χ4n) is 3.61. The van der Waals surface area contributed by atoms with Crippen LogP contribution < -0.4 is 0 Å². The molecule has 7 heteroatoms. The average Bonchev–Trinajstić information content (AvgIpc) is 2.66. The van der Waals surface area contributed by atoms with E-state index in [4.69, 9.17) is 0 Å². The van der Waals surface area contributed by atoms with E-state index < -0.39 is 10.0 Å². The molecular weight excluding hydrogens is 362 g/mol. The zero-order chi connectivity index (χ0) is 20.2. The van der Waals surface area contributed by atoms with Gasteiger partial charge < -0.3 is 4.90 Å². The van der Waals surface area contributed by atoms with E-state index in [9.17, 15) is 18.5 Å². The number of hydrogen-bond donors (Lipinski definition) is 0. The van der Waals surface area contributed by atoms with Crippen LogP contribution in [0.4, 0.5) is 0 Å². The minimum absolute atomic E-state index is 0.0416. The quantitative estimate of drug-likeness (QED) is 0.747. The monoisotopic (exact) mass is 391 g/mol. The van der Waals surface area contributed by atoms with Gasteiger partial charge in [0.25, 0.3) is 0 Å². The molecule has 1 unspecified atom stereocenters. The Bertz CT molecular complexity index is 806. The third-order valence-corrected chi connectivity index (χ3v) is 7.21. The van der Waals surface area contributed by atoms with Gasteiger partial charge in [0.15, 0.2) is 0 Å². The standard InChI is InChI=1S/C20H29N3O3S/c1-15(2)13-16(3)22(4)20(24)17-9-11-23(12-10-17)27(25,26)19-8-6-5-7-18(19)14-21/h5-8,15-17H,9-13H2,1-4H3. The van der Waals surface area contributed by atoms with Crippen LogP contribution in [0.2, 0.25) is 0 Å². The Hall–Kier alpha value is -1.91. The van der Waals surface area contributed by atoms with Gasteiger partial charge in [-0.05, 0) is 44.2 Å². The molecule has 1 heterocycles. The van der Waals surface area contributed by atoms with Crippen LogP contribution in [0.1, 0.15) is 45.6 Å². The first kappa shape index (κ1) is 21.4. The molecule has 0 aliphatic carbocycles. The summed E-state index contributed by atoms with van der Waals surface area (Å²) in [6.07, 6.45) is 1.96. The number of piperidine rings is 1. The van der Waals surface area contributed by atoms with Crippen molar-refractivity contribution < 1.29 is 13.2 Å². The fourth-order valence-corrected chi connectivity index (χ4v) is 5.22. The molecule has 0 saturated carbocycles. The number of rotatable bonds is 6. The van der Waals surface area contributed by atoms with E-state index in [1.165, 1.54) is 16.4 Å². The maximum atomic E-state index is 12.9. The largest absolute Gasteiger partial charge is 0.343 e. The smallest absolute Gasteiger partial charge is 0.244 e. The summed E-state index contributed by atoms with van der Waals surface area (Å²) >= 11 is 0. The predicted molar refractivity (Wildman–Crippen MR) is 104 cm³/mol. The van der Waals surface area contributed by atoms with Crippen molar-refractivity contribution in [2.75, 3.05) is 20.1 Å². The summed E-state index contributed by atoms with van der Waals surface area (Å²) < 4.78 is 27.2. The summed E-state index contributed by atoms with van der Waals surface area (Å²) in [5, 5.41) is 9.19. The van der Waals surface area contributed by atoms with Crippen LogP contribution in [0.5, 0.6) is 0 Å². The second-order valence-electron chi connectivity index (χ2n) is 7.71. The molecule has 0 spiro atoms. The first-order chi connectivity index (χ1) is 12.7. The Morgan fingerprint density at radius 3 is 2.41 bits per heavy atom. The molecule has 1 aliphatic heterocycles. The van der Waals surface area contributed by atoms with Gasteiger partial charge in [0.1, 0.15) is 6.07 Å². The number of amides is 1. The van der Waals surface area contributed by atoms with Crippen LogP contribution in [-0.4, -0.2) is 49.7 Å². The molecule has 1 amide bonds. The Kier molecular flexibility index (Phi) is 7.01. The van der Waals surface area contributed by atoms with Crippen molar-refractivity contribution in [1.29, 1.82) is 5.26 Å². The third-order valence-electron chi connectivity index (χ3n) is 5.25. The molecule has 0 radical (unpaired) electrons. The van der Waals surface area contributed by atoms with Crippen LogP contribution in [0.15, 0.2) is 29.2 Å². The molecule has 1 atom stereocenters. The highest BCUT2D eigenvalue weighted by atomic mass is 32.2. The molecule has 148 valence electrons. The highest BCUT2D eigenvalue weighted by molar-refractivity contribution is 7.89. The van der Waals surface area contributed by atoms with Gasteiger partial charge in [-0.3, -0.25) is 4.79 Å². The second-order valence-corrected chi connectivity index (χ2v) is 9.62. The Balaban J connectivity index is 2.04. The SMILES string of the molecule is CC(C)CC(C)N(C)C(=O)C1CCN(S(=O)(=O)c2ccccc2C#N)CC1. The number of carbonyl (C=O) groups is 1. The maximum absolute atomic E-state index is 12.9. The van der Waals surface area contributed by atoms with E-state index >= 15 is 0 Å². The molecule has 2 rings (SSSR count). The number of nitrogens with zero attached hydrogens (tertiary/aromatic N) is 3. The Morgan fingerprint density at radius 1 is 1.26 bits per heavy atom. The molecule has 0 aromatic heterocycles. The lowest BCUT2D eigenvalue weighted by Gasteiger charge is -2.35. The first-order valence-electron chi connectivity index (χ1n) is 9.44. The molecule has 1 fully saturated rings. The summed E-state index contributed by atoms with van der Waals surface area (Å²) in [5.74, 6) is 0.460. The third kappa shape index (κ3) is 4.88. The van der Waals surface area contributed by atoms with Crippen molar-refractivity contribution in [2.24, 2.45) is 11.8 Å². The number of nitriles is 1. The summed E-state index contributed by atoms with van der Waals surface area (Å²) in [7, 11) is -1.89. The van der Waals surface area contributed by atoms with E-state index in [1.807, 2.05) is 13.1 Å². The number of hydrogen-bond acceptors (Lipinski definition) is 4. The first-order valence-corrected chi connectivity index (χ1v) is 10.9. The second kappa shape index (κ2) is 8.85. The van der Waals surface area contributed by atoms with Crippen LogP contribution >= 0.6 is 0 Å². The number of carbonyl (C=O) groups excluding carboxylic acids is 1. The summed E-state index contributed by atoms with van der Waals surface area (Å²) in [5.41, 5.74) is 0.151. The summed E-state index contributed by atoms with van der Waals surface area (Å²) in [6.45, 7) is 6.92. The normalized spacial score (nSPS) is 17.5. The van der Waals surface area contributed by atoms with Crippen molar-refractivity contribution in [2.45, 2.75) is 51.0 Å². The Labute approximate surface area is 162 Å². The molecule has 0 bridgehead atoms. The van der Waals surface area contributed by atoms with Gasteiger partial charge in [0.05, 0.1) is 10.5 Å². The minimum atomic E-state index is -3.72. The van der Waals surface area contributed by atoms with E-state index in [-0.39, 0.29) is 28.3 Å². The van der Waals surface area contributed by atoms with Gasteiger partial charge in [-0.1, -0.05) is 26.0 Å². The van der Waals surface area contributed by atoms with Gasteiger partial charge in [-0.25, -0.2) is 8.42 Å². The van der Waals surface area contributed by atoms with E-state index in [0.29, 0.717) is 31.8 Å². The van der Waals surface area contributed by atoms with Crippen LogP contribution in [0.25, 0.3) is 0 Å². The lowest BCUT2D eigenvalue weighted by molar-refractivity contribution is -0.137. The van der Waals surface area contributed by atoms with Crippen LogP contribution in [0.3, 0.4) is 0 Å².